The zero-order chi connectivity index (χ0) is 15.2. The molecule has 1 N–H and O–H groups in total. The SMILES string of the molecule is CNC(=O)C1CCCN(CC(=O)c2ccc(C#N)cc2)C1. The van der Waals surface area contributed by atoms with E-state index in [9.17, 15) is 9.59 Å². The summed E-state index contributed by atoms with van der Waals surface area (Å²) in [4.78, 5) is 26.0. The molecule has 1 aliphatic heterocycles. The standard InChI is InChI=1S/C16H19N3O2/c1-18-16(21)14-3-2-8-19(10-14)11-15(20)13-6-4-12(9-17)5-7-13/h4-7,14H,2-3,8,10-11H2,1H3,(H,18,21). The molecule has 0 saturated carbocycles. The van der Waals surface area contributed by atoms with Gasteiger partial charge in [-0.25, -0.2) is 0 Å². The molecule has 1 atom stereocenters. The van der Waals surface area contributed by atoms with Crippen molar-refractivity contribution in [3.8, 4) is 6.07 Å². The second-order valence-electron chi connectivity index (χ2n) is 5.30. The molecule has 1 fully saturated rings. The molecule has 5 heteroatoms. The highest BCUT2D eigenvalue weighted by molar-refractivity contribution is 5.97. The van der Waals surface area contributed by atoms with Gasteiger partial charge in [-0.1, -0.05) is 12.1 Å². The Kier molecular flexibility index (Phi) is 5.07. The van der Waals surface area contributed by atoms with Gasteiger partial charge in [0.1, 0.15) is 0 Å². The molecule has 1 aromatic rings. The number of likely N-dealkylation sites (tertiary alicyclic amines) is 1. The summed E-state index contributed by atoms with van der Waals surface area (Å²) in [6.07, 6.45) is 1.81. The molecule has 1 unspecified atom stereocenters. The Balaban J connectivity index is 1.95. The summed E-state index contributed by atoms with van der Waals surface area (Å²) in [5.41, 5.74) is 1.15. The minimum absolute atomic E-state index is 0.0250. The quantitative estimate of drug-likeness (QED) is 0.844. The molecule has 0 aromatic heterocycles. The molecule has 110 valence electrons. The maximum Gasteiger partial charge on any atom is 0.224 e. The fraction of sp³-hybridized carbons (Fsp3) is 0.438. The molecule has 21 heavy (non-hydrogen) atoms. The maximum atomic E-state index is 12.2. The van der Waals surface area contributed by atoms with Gasteiger partial charge < -0.3 is 5.32 Å². The molecule has 0 aliphatic carbocycles. The molecule has 1 aromatic carbocycles. The molecule has 1 amide bonds. The first-order chi connectivity index (χ1) is 10.1. The molecular formula is C16H19N3O2. The van der Waals surface area contributed by atoms with Crippen LogP contribution in [0, 0.1) is 17.2 Å². The molecule has 5 nitrogen and oxygen atoms in total. The summed E-state index contributed by atoms with van der Waals surface area (Å²) in [6, 6.07) is 8.70. The van der Waals surface area contributed by atoms with Gasteiger partial charge >= 0.3 is 0 Å². The van der Waals surface area contributed by atoms with Crippen molar-refractivity contribution in [1.29, 1.82) is 5.26 Å². The fourth-order valence-corrected chi connectivity index (χ4v) is 2.64. The molecule has 0 bridgehead atoms. The number of rotatable bonds is 4. The van der Waals surface area contributed by atoms with Gasteiger partial charge in [0.2, 0.25) is 5.91 Å². The van der Waals surface area contributed by atoms with Crippen LogP contribution < -0.4 is 5.32 Å². The lowest BCUT2D eigenvalue weighted by Gasteiger charge is -2.31. The number of ketones is 1. The Labute approximate surface area is 124 Å². The minimum Gasteiger partial charge on any atom is -0.359 e. The predicted molar refractivity (Wildman–Crippen MR) is 78.7 cm³/mol. The van der Waals surface area contributed by atoms with Gasteiger partial charge in [-0.3, -0.25) is 14.5 Å². The van der Waals surface area contributed by atoms with E-state index < -0.39 is 0 Å². The summed E-state index contributed by atoms with van der Waals surface area (Å²) in [5, 5.41) is 11.4. The van der Waals surface area contributed by atoms with Crippen molar-refractivity contribution in [2.45, 2.75) is 12.8 Å². The van der Waals surface area contributed by atoms with Crippen LogP contribution in [0.15, 0.2) is 24.3 Å². The number of benzene rings is 1. The lowest BCUT2D eigenvalue weighted by atomic mass is 9.96. The molecule has 2 rings (SSSR count). The second-order valence-corrected chi connectivity index (χ2v) is 5.30. The third kappa shape index (κ3) is 3.89. The molecular weight excluding hydrogens is 266 g/mol. The number of hydrogen-bond acceptors (Lipinski definition) is 4. The van der Waals surface area contributed by atoms with Crippen LogP contribution in [-0.2, 0) is 4.79 Å². The first-order valence-corrected chi connectivity index (χ1v) is 7.11. The third-order valence-corrected chi connectivity index (χ3v) is 3.83. The average molecular weight is 285 g/mol. The highest BCUT2D eigenvalue weighted by atomic mass is 16.2. The van der Waals surface area contributed by atoms with Crippen molar-refractivity contribution in [3.05, 3.63) is 35.4 Å². The van der Waals surface area contributed by atoms with E-state index in [1.807, 2.05) is 11.0 Å². The van der Waals surface area contributed by atoms with Gasteiger partial charge in [0, 0.05) is 19.2 Å². The van der Waals surface area contributed by atoms with E-state index >= 15 is 0 Å². The van der Waals surface area contributed by atoms with Crippen molar-refractivity contribution >= 4 is 11.7 Å². The number of nitrogens with one attached hydrogen (secondary N) is 1. The Morgan fingerprint density at radius 1 is 1.38 bits per heavy atom. The zero-order valence-electron chi connectivity index (χ0n) is 12.1. The molecule has 1 aliphatic rings. The molecule has 1 heterocycles. The highest BCUT2D eigenvalue weighted by Crippen LogP contribution is 2.17. The Morgan fingerprint density at radius 2 is 2.10 bits per heavy atom. The van der Waals surface area contributed by atoms with Crippen molar-refractivity contribution in [1.82, 2.24) is 10.2 Å². The van der Waals surface area contributed by atoms with Gasteiger partial charge in [0.25, 0.3) is 0 Å². The number of nitrogens with zero attached hydrogens (tertiary/aromatic N) is 2. The fourth-order valence-electron chi connectivity index (χ4n) is 2.64. The lowest BCUT2D eigenvalue weighted by Crippen LogP contribution is -2.44. The monoisotopic (exact) mass is 285 g/mol. The molecule has 0 spiro atoms. The number of carbonyl (C=O) groups is 2. The Bertz CT molecular complexity index is 560. The van der Waals surface area contributed by atoms with Gasteiger partial charge in [0.15, 0.2) is 5.78 Å². The molecule has 0 radical (unpaired) electrons. The third-order valence-electron chi connectivity index (χ3n) is 3.83. The van der Waals surface area contributed by atoms with Crippen LogP contribution in [0.2, 0.25) is 0 Å². The zero-order valence-corrected chi connectivity index (χ0v) is 12.1. The van der Waals surface area contributed by atoms with Crippen molar-refractivity contribution in [3.63, 3.8) is 0 Å². The van der Waals surface area contributed by atoms with E-state index in [1.54, 1.807) is 31.3 Å². The van der Waals surface area contributed by atoms with Crippen LogP contribution in [0.3, 0.4) is 0 Å². The number of hydrogen-bond donors (Lipinski definition) is 1. The second kappa shape index (κ2) is 7.00. The van der Waals surface area contributed by atoms with E-state index in [4.69, 9.17) is 5.26 Å². The first kappa shape index (κ1) is 15.2. The van der Waals surface area contributed by atoms with Crippen LogP contribution >= 0.6 is 0 Å². The summed E-state index contributed by atoms with van der Waals surface area (Å²) in [7, 11) is 1.64. The normalized spacial score (nSPS) is 18.8. The van der Waals surface area contributed by atoms with Gasteiger partial charge in [-0.2, -0.15) is 5.26 Å². The minimum atomic E-state index is -0.0301. The van der Waals surface area contributed by atoms with E-state index in [2.05, 4.69) is 5.32 Å². The van der Waals surface area contributed by atoms with E-state index in [-0.39, 0.29) is 17.6 Å². The number of Topliss-reactive ketones (excluding diaryl/α,β-unsaturated/α-hetero) is 1. The largest absolute Gasteiger partial charge is 0.359 e. The smallest absolute Gasteiger partial charge is 0.224 e. The first-order valence-electron chi connectivity index (χ1n) is 7.11. The van der Waals surface area contributed by atoms with E-state index in [0.717, 1.165) is 19.4 Å². The van der Waals surface area contributed by atoms with Gasteiger partial charge in [-0.15, -0.1) is 0 Å². The topological polar surface area (TPSA) is 73.2 Å². The van der Waals surface area contributed by atoms with Crippen LogP contribution in [0.4, 0.5) is 0 Å². The summed E-state index contributed by atoms with van der Waals surface area (Å²) in [6.45, 7) is 1.79. The van der Waals surface area contributed by atoms with Gasteiger partial charge in [-0.05, 0) is 31.5 Å². The maximum absolute atomic E-state index is 12.2. The van der Waals surface area contributed by atoms with Crippen molar-refractivity contribution in [2.24, 2.45) is 5.92 Å². The van der Waals surface area contributed by atoms with Crippen molar-refractivity contribution < 1.29 is 9.59 Å². The van der Waals surface area contributed by atoms with E-state index in [1.165, 1.54) is 0 Å². The van der Waals surface area contributed by atoms with Gasteiger partial charge in [0.05, 0.1) is 24.1 Å². The Hall–Kier alpha value is -2.19. The number of nitriles is 1. The van der Waals surface area contributed by atoms with Crippen LogP contribution in [-0.4, -0.2) is 43.3 Å². The van der Waals surface area contributed by atoms with E-state index in [0.29, 0.717) is 24.2 Å². The molecule has 1 saturated heterocycles. The van der Waals surface area contributed by atoms with Crippen LogP contribution in [0.25, 0.3) is 0 Å². The summed E-state index contributed by atoms with van der Waals surface area (Å²) >= 11 is 0. The van der Waals surface area contributed by atoms with Crippen LogP contribution in [0.5, 0.6) is 0 Å². The number of carbonyl (C=O) groups excluding carboxylic acids is 2. The Morgan fingerprint density at radius 3 is 2.71 bits per heavy atom. The number of piperidine rings is 1. The predicted octanol–water partition coefficient (Wildman–Crippen LogP) is 1.20. The lowest BCUT2D eigenvalue weighted by molar-refractivity contribution is -0.126. The summed E-state index contributed by atoms with van der Waals surface area (Å²) < 4.78 is 0. The van der Waals surface area contributed by atoms with Crippen LogP contribution in [0.1, 0.15) is 28.8 Å². The number of amides is 1. The highest BCUT2D eigenvalue weighted by Gasteiger charge is 2.26. The summed E-state index contributed by atoms with van der Waals surface area (Å²) in [5.74, 6) is 0.0417. The van der Waals surface area contributed by atoms with Crippen molar-refractivity contribution in [2.75, 3.05) is 26.7 Å². The average Bonchev–Trinajstić information content (AvgIpc) is 2.54.